The third-order valence-corrected chi connectivity index (χ3v) is 3.17. The van der Waals surface area contributed by atoms with Gasteiger partial charge in [-0.05, 0) is 27.7 Å². The van der Waals surface area contributed by atoms with Crippen LogP contribution in [-0.4, -0.2) is 29.3 Å². The van der Waals surface area contributed by atoms with Gasteiger partial charge >= 0.3 is 0 Å². The summed E-state index contributed by atoms with van der Waals surface area (Å²) in [6.07, 6.45) is 3.90. The van der Waals surface area contributed by atoms with Gasteiger partial charge in [-0.1, -0.05) is 0 Å². The van der Waals surface area contributed by atoms with Crippen molar-refractivity contribution in [1.82, 2.24) is 20.4 Å². The SMILES string of the molecule is CCn1cc(C(C)NCC(C)(C)C(=O)NC)cn1. The number of hydrogen-bond acceptors (Lipinski definition) is 3. The van der Waals surface area contributed by atoms with E-state index in [1.165, 1.54) is 0 Å². The third-order valence-electron chi connectivity index (χ3n) is 3.17. The summed E-state index contributed by atoms with van der Waals surface area (Å²) in [6, 6.07) is 0.189. The van der Waals surface area contributed by atoms with Crippen LogP contribution < -0.4 is 10.6 Å². The Morgan fingerprint density at radius 1 is 1.56 bits per heavy atom. The van der Waals surface area contributed by atoms with Crippen molar-refractivity contribution in [2.24, 2.45) is 5.41 Å². The maximum absolute atomic E-state index is 11.7. The lowest BCUT2D eigenvalue weighted by atomic mass is 9.92. The van der Waals surface area contributed by atoms with Crippen LogP contribution in [0.4, 0.5) is 0 Å². The van der Waals surface area contributed by atoms with Crippen molar-refractivity contribution < 1.29 is 4.79 Å². The molecule has 0 saturated heterocycles. The zero-order valence-corrected chi connectivity index (χ0v) is 11.9. The molecule has 0 spiro atoms. The molecule has 0 aromatic carbocycles. The first kappa shape index (κ1) is 14.7. The number of aromatic nitrogens is 2. The molecule has 1 atom stereocenters. The van der Waals surface area contributed by atoms with Crippen LogP contribution in [0.2, 0.25) is 0 Å². The predicted molar refractivity (Wildman–Crippen MR) is 72.2 cm³/mol. The van der Waals surface area contributed by atoms with Gasteiger partial charge in [0.2, 0.25) is 5.91 Å². The highest BCUT2D eigenvalue weighted by molar-refractivity contribution is 5.81. The highest BCUT2D eigenvalue weighted by atomic mass is 16.2. The lowest BCUT2D eigenvalue weighted by Crippen LogP contribution is -2.42. The van der Waals surface area contributed by atoms with Crippen molar-refractivity contribution in [1.29, 1.82) is 0 Å². The summed E-state index contributed by atoms with van der Waals surface area (Å²) < 4.78 is 1.90. The summed E-state index contributed by atoms with van der Waals surface area (Å²) in [5.74, 6) is 0.0476. The highest BCUT2D eigenvalue weighted by Gasteiger charge is 2.26. The Kier molecular flexibility index (Phi) is 4.90. The first-order chi connectivity index (χ1) is 8.40. The number of carbonyl (C=O) groups is 1. The van der Waals surface area contributed by atoms with E-state index in [4.69, 9.17) is 0 Å². The summed E-state index contributed by atoms with van der Waals surface area (Å²) in [5.41, 5.74) is 0.730. The van der Waals surface area contributed by atoms with Gasteiger partial charge in [0, 0.05) is 37.9 Å². The minimum Gasteiger partial charge on any atom is -0.359 e. The lowest BCUT2D eigenvalue weighted by molar-refractivity contribution is -0.128. The largest absolute Gasteiger partial charge is 0.359 e. The molecular weight excluding hydrogens is 228 g/mol. The van der Waals surface area contributed by atoms with Gasteiger partial charge in [0.05, 0.1) is 11.6 Å². The topological polar surface area (TPSA) is 59.0 Å². The van der Waals surface area contributed by atoms with E-state index in [2.05, 4.69) is 29.6 Å². The van der Waals surface area contributed by atoms with E-state index in [0.29, 0.717) is 6.54 Å². The van der Waals surface area contributed by atoms with Crippen LogP contribution in [0.1, 0.15) is 39.3 Å². The third kappa shape index (κ3) is 3.57. The number of aryl methyl sites for hydroxylation is 1. The van der Waals surface area contributed by atoms with Crippen molar-refractivity contribution in [2.45, 2.75) is 40.3 Å². The Labute approximate surface area is 109 Å². The highest BCUT2D eigenvalue weighted by Crippen LogP contribution is 2.17. The molecule has 0 aliphatic heterocycles. The van der Waals surface area contributed by atoms with Crippen LogP contribution in [0.15, 0.2) is 12.4 Å². The Morgan fingerprint density at radius 3 is 2.72 bits per heavy atom. The molecule has 2 N–H and O–H groups in total. The smallest absolute Gasteiger partial charge is 0.226 e. The van der Waals surface area contributed by atoms with E-state index in [0.717, 1.165) is 12.1 Å². The molecule has 102 valence electrons. The van der Waals surface area contributed by atoms with E-state index in [1.807, 2.05) is 30.9 Å². The molecule has 1 amide bonds. The van der Waals surface area contributed by atoms with Crippen LogP contribution in [-0.2, 0) is 11.3 Å². The first-order valence-corrected chi connectivity index (χ1v) is 6.38. The average Bonchev–Trinajstić information content (AvgIpc) is 2.83. The molecule has 5 nitrogen and oxygen atoms in total. The molecule has 1 rings (SSSR count). The molecule has 0 radical (unpaired) electrons. The second kappa shape index (κ2) is 6.00. The summed E-state index contributed by atoms with van der Waals surface area (Å²) in [6.45, 7) is 9.50. The van der Waals surface area contributed by atoms with E-state index in [-0.39, 0.29) is 11.9 Å². The summed E-state index contributed by atoms with van der Waals surface area (Å²) >= 11 is 0. The predicted octanol–water partition coefficient (Wildman–Crippen LogP) is 1.33. The summed E-state index contributed by atoms with van der Waals surface area (Å²) in [4.78, 5) is 11.7. The van der Waals surface area contributed by atoms with E-state index >= 15 is 0 Å². The second-order valence-electron chi connectivity index (χ2n) is 5.19. The zero-order chi connectivity index (χ0) is 13.8. The van der Waals surface area contributed by atoms with Gasteiger partial charge in [0.1, 0.15) is 0 Å². The number of nitrogens with zero attached hydrogens (tertiary/aromatic N) is 2. The van der Waals surface area contributed by atoms with Gasteiger partial charge in [-0.15, -0.1) is 0 Å². The fraction of sp³-hybridized carbons (Fsp3) is 0.692. The number of rotatable bonds is 6. The Bertz CT molecular complexity index is 397. The van der Waals surface area contributed by atoms with Gasteiger partial charge in [0.15, 0.2) is 0 Å². The number of carbonyl (C=O) groups excluding carboxylic acids is 1. The normalized spacial score (nSPS) is 13.4. The quantitative estimate of drug-likeness (QED) is 0.803. The van der Waals surface area contributed by atoms with Crippen LogP contribution in [0, 0.1) is 5.41 Å². The Hall–Kier alpha value is -1.36. The van der Waals surface area contributed by atoms with Gasteiger partial charge < -0.3 is 10.6 Å². The molecule has 0 aliphatic rings. The minimum atomic E-state index is -0.413. The molecule has 1 heterocycles. The molecule has 1 aromatic rings. The van der Waals surface area contributed by atoms with Crippen molar-refractivity contribution in [3.8, 4) is 0 Å². The maximum atomic E-state index is 11.7. The molecule has 0 saturated carbocycles. The molecule has 18 heavy (non-hydrogen) atoms. The van der Waals surface area contributed by atoms with Gasteiger partial charge in [0.25, 0.3) is 0 Å². The molecular formula is C13H24N4O. The van der Waals surface area contributed by atoms with Gasteiger partial charge in [-0.2, -0.15) is 5.10 Å². The zero-order valence-electron chi connectivity index (χ0n) is 11.9. The Morgan fingerprint density at radius 2 is 2.22 bits per heavy atom. The minimum absolute atomic E-state index is 0.0476. The van der Waals surface area contributed by atoms with E-state index in [9.17, 15) is 4.79 Å². The molecule has 5 heteroatoms. The van der Waals surface area contributed by atoms with Crippen LogP contribution in [0.25, 0.3) is 0 Å². The lowest BCUT2D eigenvalue weighted by Gasteiger charge is -2.25. The average molecular weight is 252 g/mol. The van der Waals surface area contributed by atoms with Crippen LogP contribution in [0.3, 0.4) is 0 Å². The van der Waals surface area contributed by atoms with E-state index < -0.39 is 5.41 Å². The second-order valence-corrected chi connectivity index (χ2v) is 5.19. The summed E-state index contributed by atoms with van der Waals surface area (Å²) in [5, 5.41) is 10.3. The van der Waals surface area contributed by atoms with Gasteiger partial charge in [-0.3, -0.25) is 9.48 Å². The fourth-order valence-corrected chi connectivity index (χ4v) is 1.72. The van der Waals surface area contributed by atoms with Crippen molar-refractivity contribution >= 4 is 5.91 Å². The standard InChI is InChI=1S/C13H24N4O/c1-6-17-8-11(7-16-17)10(2)15-9-13(3,4)12(18)14-5/h7-8,10,15H,6,9H2,1-5H3,(H,14,18). The van der Waals surface area contributed by atoms with Gasteiger partial charge in [-0.25, -0.2) is 0 Å². The maximum Gasteiger partial charge on any atom is 0.226 e. The van der Waals surface area contributed by atoms with Crippen LogP contribution >= 0.6 is 0 Å². The number of hydrogen-bond donors (Lipinski definition) is 2. The molecule has 0 fully saturated rings. The summed E-state index contributed by atoms with van der Waals surface area (Å²) in [7, 11) is 1.67. The Balaban J connectivity index is 2.55. The number of amides is 1. The monoisotopic (exact) mass is 252 g/mol. The molecule has 0 bridgehead atoms. The fourth-order valence-electron chi connectivity index (χ4n) is 1.72. The van der Waals surface area contributed by atoms with Crippen molar-refractivity contribution in [3.63, 3.8) is 0 Å². The molecule has 1 aromatic heterocycles. The molecule has 1 unspecified atom stereocenters. The first-order valence-electron chi connectivity index (χ1n) is 6.38. The van der Waals surface area contributed by atoms with Crippen molar-refractivity contribution in [3.05, 3.63) is 18.0 Å². The van der Waals surface area contributed by atoms with Crippen molar-refractivity contribution in [2.75, 3.05) is 13.6 Å². The van der Waals surface area contributed by atoms with E-state index in [1.54, 1.807) is 7.05 Å². The number of nitrogens with one attached hydrogen (secondary N) is 2. The van der Waals surface area contributed by atoms with Crippen LogP contribution in [0.5, 0.6) is 0 Å². The molecule has 0 aliphatic carbocycles.